The third kappa shape index (κ3) is 4.82. The summed E-state index contributed by atoms with van der Waals surface area (Å²) in [5.74, 6) is 0. The number of rotatable bonds is 5. The standard InChI is InChI=1S/C7H14N2OS2/c1-7(2,10)6(4-9-3)11-5-12-8/h4,10H,3,5,8H2,1-2H3/b6-4-. The lowest BCUT2D eigenvalue weighted by Crippen LogP contribution is -2.20. The molecule has 0 unspecified atom stereocenters. The molecule has 0 saturated heterocycles. The van der Waals surface area contributed by atoms with Crippen LogP contribution >= 0.6 is 23.7 Å². The van der Waals surface area contributed by atoms with Gasteiger partial charge in [-0.15, -0.1) is 11.8 Å². The summed E-state index contributed by atoms with van der Waals surface area (Å²) in [5, 5.41) is 15.6. The minimum atomic E-state index is -0.860. The van der Waals surface area contributed by atoms with Gasteiger partial charge in [0.05, 0.1) is 10.7 Å². The Hall–Kier alpha value is 0.0300. The summed E-state index contributed by atoms with van der Waals surface area (Å²) in [6, 6.07) is 0. The Labute approximate surface area is 81.7 Å². The van der Waals surface area contributed by atoms with Crippen LogP contribution in [0.1, 0.15) is 13.8 Å². The highest BCUT2D eigenvalue weighted by Gasteiger charge is 2.19. The molecule has 0 atom stereocenters. The number of aliphatic imine (C=N–C) groups is 1. The van der Waals surface area contributed by atoms with E-state index in [1.165, 1.54) is 23.7 Å². The first-order chi connectivity index (χ1) is 5.52. The van der Waals surface area contributed by atoms with Gasteiger partial charge in [-0.3, -0.25) is 10.1 Å². The van der Waals surface area contributed by atoms with Crippen LogP contribution in [-0.2, 0) is 0 Å². The maximum atomic E-state index is 9.61. The van der Waals surface area contributed by atoms with Gasteiger partial charge in [0.25, 0.3) is 0 Å². The molecule has 0 fully saturated rings. The van der Waals surface area contributed by atoms with Crippen LogP contribution in [0.15, 0.2) is 16.1 Å². The number of hydrogen-bond acceptors (Lipinski definition) is 5. The molecule has 12 heavy (non-hydrogen) atoms. The summed E-state index contributed by atoms with van der Waals surface area (Å²) in [6.07, 6.45) is 1.56. The van der Waals surface area contributed by atoms with Gasteiger partial charge in [0.1, 0.15) is 0 Å². The Balaban J connectivity index is 4.25. The van der Waals surface area contributed by atoms with Crippen molar-refractivity contribution in [2.24, 2.45) is 10.1 Å². The van der Waals surface area contributed by atoms with E-state index < -0.39 is 5.60 Å². The predicted molar refractivity (Wildman–Crippen MR) is 58.2 cm³/mol. The fraction of sp³-hybridized carbons (Fsp3) is 0.571. The Morgan fingerprint density at radius 2 is 2.33 bits per heavy atom. The Morgan fingerprint density at radius 1 is 1.75 bits per heavy atom. The second-order valence-electron chi connectivity index (χ2n) is 2.66. The lowest BCUT2D eigenvalue weighted by molar-refractivity contribution is 0.129. The molecular weight excluding hydrogens is 192 g/mol. The molecule has 0 spiro atoms. The molecule has 0 aromatic heterocycles. The van der Waals surface area contributed by atoms with Crippen molar-refractivity contribution in [3.05, 3.63) is 11.1 Å². The van der Waals surface area contributed by atoms with Gasteiger partial charge in [-0.1, -0.05) is 11.9 Å². The zero-order valence-corrected chi connectivity index (χ0v) is 8.91. The molecule has 70 valence electrons. The molecular formula is C7H14N2OS2. The number of hydrogen-bond donors (Lipinski definition) is 2. The van der Waals surface area contributed by atoms with Crippen LogP contribution in [0.2, 0.25) is 0 Å². The van der Waals surface area contributed by atoms with Gasteiger partial charge < -0.3 is 5.11 Å². The van der Waals surface area contributed by atoms with E-state index in [-0.39, 0.29) is 0 Å². The quantitative estimate of drug-likeness (QED) is 0.407. The minimum Gasteiger partial charge on any atom is -0.385 e. The van der Waals surface area contributed by atoms with E-state index in [4.69, 9.17) is 5.14 Å². The minimum absolute atomic E-state index is 0.700. The van der Waals surface area contributed by atoms with E-state index in [1.807, 2.05) is 0 Å². The molecule has 3 nitrogen and oxygen atoms in total. The van der Waals surface area contributed by atoms with Gasteiger partial charge in [0.2, 0.25) is 0 Å². The molecule has 5 heteroatoms. The number of nitrogens with zero attached hydrogens (tertiary/aromatic N) is 1. The molecule has 0 aliphatic heterocycles. The molecule has 0 radical (unpaired) electrons. The molecule has 0 amide bonds. The SMILES string of the molecule is C=N/C=C(\SCSN)C(C)(C)O. The highest BCUT2D eigenvalue weighted by molar-refractivity contribution is 8.16. The number of aliphatic hydroxyl groups is 1. The van der Waals surface area contributed by atoms with Crippen LogP contribution in [-0.4, -0.2) is 22.5 Å². The van der Waals surface area contributed by atoms with Crippen molar-refractivity contribution < 1.29 is 5.11 Å². The second kappa shape index (κ2) is 5.64. The van der Waals surface area contributed by atoms with E-state index in [1.54, 1.807) is 20.0 Å². The van der Waals surface area contributed by atoms with Crippen molar-refractivity contribution in [1.82, 2.24) is 0 Å². The summed E-state index contributed by atoms with van der Waals surface area (Å²) in [4.78, 5) is 4.39. The summed E-state index contributed by atoms with van der Waals surface area (Å²) in [5.41, 5.74) is -0.860. The summed E-state index contributed by atoms with van der Waals surface area (Å²) in [6.45, 7) is 6.75. The van der Waals surface area contributed by atoms with Crippen molar-refractivity contribution in [2.45, 2.75) is 19.4 Å². The molecule has 0 aromatic rings. The molecule has 0 bridgehead atoms. The van der Waals surface area contributed by atoms with Gasteiger partial charge in [-0.05, 0) is 20.6 Å². The van der Waals surface area contributed by atoms with Crippen LogP contribution in [0.3, 0.4) is 0 Å². The largest absolute Gasteiger partial charge is 0.385 e. The third-order valence-electron chi connectivity index (χ3n) is 1.09. The number of thioether (sulfide) groups is 1. The van der Waals surface area contributed by atoms with E-state index in [0.717, 1.165) is 4.91 Å². The van der Waals surface area contributed by atoms with Crippen LogP contribution in [0.5, 0.6) is 0 Å². The third-order valence-corrected chi connectivity index (χ3v) is 3.03. The first-order valence-corrected chi connectivity index (χ1v) is 5.39. The molecule has 3 N–H and O–H groups in total. The van der Waals surface area contributed by atoms with Gasteiger partial charge in [-0.25, -0.2) is 0 Å². The monoisotopic (exact) mass is 206 g/mol. The molecule has 0 aliphatic carbocycles. The highest BCUT2D eigenvalue weighted by Crippen LogP contribution is 2.29. The van der Waals surface area contributed by atoms with E-state index in [9.17, 15) is 5.11 Å². The van der Waals surface area contributed by atoms with Crippen LogP contribution in [0.25, 0.3) is 0 Å². The Morgan fingerprint density at radius 3 is 2.67 bits per heavy atom. The van der Waals surface area contributed by atoms with Gasteiger partial charge in [0, 0.05) is 11.1 Å². The van der Waals surface area contributed by atoms with Gasteiger partial charge in [-0.2, -0.15) is 0 Å². The fourth-order valence-corrected chi connectivity index (χ4v) is 1.83. The van der Waals surface area contributed by atoms with Crippen molar-refractivity contribution in [1.29, 1.82) is 0 Å². The molecule has 0 aliphatic rings. The Bertz CT molecular complexity index is 175. The summed E-state index contributed by atoms with van der Waals surface area (Å²) in [7, 11) is 0. The highest BCUT2D eigenvalue weighted by atomic mass is 32.2. The predicted octanol–water partition coefficient (Wildman–Crippen LogP) is 1.60. The first kappa shape index (κ1) is 12.0. The summed E-state index contributed by atoms with van der Waals surface area (Å²) >= 11 is 2.69. The van der Waals surface area contributed by atoms with E-state index in [0.29, 0.717) is 5.08 Å². The Kier molecular flexibility index (Phi) is 5.65. The zero-order chi connectivity index (χ0) is 9.61. The molecule has 0 rings (SSSR count). The molecule has 0 aromatic carbocycles. The van der Waals surface area contributed by atoms with Crippen LogP contribution in [0.4, 0.5) is 0 Å². The van der Waals surface area contributed by atoms with E-state index in [2.05, 4.69) is 11.7 Å². The molecule has 0 saturated carbocycles. The van der Waals surface area contributed by atoms with E-state index >= 15 is 0 Å². The second-order valence-corrected chi connectivity index (χ2v) is 4.67. The topological polar surface area (TPSA) is 58.6 Å². The van der Waals surface area contributed by atoms with Gasteiger partial charge >= 0.3 is 0 Å². The normalized spacial score (nSPS) is 13.2. The zero-order valence-electron chi connectivity index (χ0n) is 7.28. The van der Waals surface area contributed by atoms with Crippen molar-refractivity contribution in [3.63, 3.8) is 0 Å². The van der Waals surface area contributed by atoms with Crippen molar-refractivity contribution in [3.8, 4) is 0 Å². The maximum Gasteiger partial charge on any atom is 0.0914 e. The van der Waals surface area contributed by atoms with Crippen LogP contribution in [0, 0.1) is 0 Å². The van der Waals surface area contributed by atoms with Crippen molar-refractivity contribution in [2.75, 3.05) is 5.08 Å². The maximum absolute atomic E-state index is 9.61. The fourth-order valence-electron chi connectivity index (χ4n) is 0.552. The van der Waals surface area contributed by atoms with Crippen molar-refractivity contribution >= 4 is 30.4 Å². The van der Waals surface area contributed by atoms with Crippen LogP contribution < -0.4 is 5.14 Å². The average molecular weight is 206 g/mol. The summed E-state index contributed by atoms with van der Waals surface area (Å²) < 4.78 is 0. The lowest BCUT2D eigenvalue weighted by atomic mass is 10.1. The lowest BCUT2D eigenvalue weighted by Gasteiger charge is -2.19. The first-order valence-electron chi connectivity index (χ1n) is 3.35. The van der Waals surface area contributed by atoms with Gasteiger partial charge in [0.15, 0.2) is 0 Å². The molecule has 0 heterocycles. The number of nitrogens with two attached hydrogens (primary N) is 1. The average Bonchev–Trinajstić information content (AvgIpc) is 1.95. The smallest absolute Gasteiger partial charge is 0.0914 e.